The fourth-order valence-electron chi connectivity index (χ4n) is 1.61. The molecule has 21 heavy (non-hydrogen) atoms. The maximum atomic E-state index is 12.5. The first kappa shape index (κ1) is 15.8. The van der Waals surface area contributed by atoms with E-state index < -0.39 is 31.6 Å². The summed E-state index contributed by atoms with van der Waals surface area (Å²) in [6.45, 7) is 1.78. The van der Waals surface area contributed by atoms with E-state index in [9.17, 15) is 21.6 Å². The molecule has 0 radical (unpaired) electrons. The molecule has 0 fully saturated rings. The van der Waals surface area contributed by atoms with Crippen molar-refractivity contribution in [3.05, 3.63) is 52.7 Å². The highest BCUT2D eigenvalue weighted by molar-refractivity contribution is 7.91. The second kappa shape index (κ2) is 5.31. The lowest BCUT2D eigenvalue weighted by atomic mass is 10.2. The van der Waals surface area contributed by atoms with Gasteiger partial charge in [0.25, 0.3) is 0 Å². The molecule has 0 N–H and O–H groups in total. The topological polar surface area (TPSA) is 47.0 Å². The van der Waals surface area contributed by atoms with Crippen LogP contribution in [0, 0.1) is 6.92 Å². The molecule has 1 aromatic heterocycles. The largest absolute Gasteiger partial charge is 0.417 e. The molecule has 0 amide bonds. The minimum atomic E-state index is -4.64. The molecule has 0 saturated heterocycles. The van der Waals surface area contributed by atoms with Gasteiger partial charge in [0.2, 0.25) is 9.84 Å². The van der Waals surface area contributed by atoms with Crippen LogP contribution in [0.4, 0.5) is 13.2 Å². The Morgan fingerprint density at radius 2 is 1.71 bits per heavy atom. The number of nitrogens with zero attached hydrogens (tertiary/aromatic N) is 1. The first-order chi connectivity index (χ1) is 9.62. The molecule has 8 heteroatoms. The Morgan fingerprint density at radius 1 is 1.14 bits per heavy atom. The summed E-state index contributed by atoms with van der Waals surface area (Å²) in [6.07, 6.45) is -4.18. The number of aryl methyl sites for hydroxylation is 1. The van der Waals surface area contributed by atoms with Crippen LogP contribution in [-0.4, -0.2) is 13.4 Å². The summed E-state index contributed by atoms with van der Waals surface area (Å²) in [4.78, 5) is 3.29. The summed E-state index contributed by atoms with van der Waals surface area (Å²) in [7, 11) is -4.06. The zero-order valence-corrected chi connectivity index (χ0v) is 12.2. The molecule has 3 nitrogen and oxygen atoms in total. The third-order valence-electron chi connectivity index (χ3n) is 2.72. The molecule has 2 aromatic rings. The Bertz CT molecular complexity index is 771. The lowest BCUT2D eigenvalue weighted by Gasteiger charge is -2.10. The van der Waals surface area contributed by atoms with Crippen LogP contribution in [0.3, 0.4) is 0 Å². The second-order valence-electron chi connectivity index (χ2n) is 4.33. The molecule has 0 saturated carbocycles. The van der Waals surface area contributed by atoms with Crippen molar-refractivity contribution < 1.29 is 21.6 Å². The summed E-state index contributed by atoms with van der Waals surface area (Å²) in [5.74, 6) is 0. The van der Waals surface area contributed by atoms with Crippen molar-refractivity contribution in [2.45, 2.75) is 23.0 Å². The lowest BCUT2D eigenvalue weighted by Crippen LogP contribution is -2.10. The van der Waals surface area contributed by atoms with E-state index in [1.54, 1.807) is 19.1 Å². The highest BCUT2D eigenvalue weighted by Gasteiger charge is 2.33. The quantitative estimate of drug-likeness (QED) is 0.836. The Balaban J connectivity index is 2.53. The van der Waals surface area contributed by atoms with Gasteiger partial charge in [-0.1, -0.05) is 29.3 Å². The van der Waals surface area contributed by atoms with E-state index in [4.69, 9.17) is 11.6 Å². The third-order valence-corrected chi connectivity index (χ3v) is 4.85. The SMILES string of the molecule is Cc1ccc(S(=O)(=O)c2ncc(C(F)(F)F)cc2Cl)cc1. The van der Waals surface area contributed by atoms with Gasteiger partial charge >= 0.3 is 6.18 Å². The highest BCUT2D eigenvalue weighted by atomic mass is 35.5. The molecule has 0 unspecified atom stereocenters. The number of rotatable bonds is 2. The van der Waals surface area contributed by atoms with Crippen molar-refractivity contribution in [3.63, 3.8) is 0 Å². The van der Waals surface area contributed by atoms with Crippen molar-refractivity contribution in [2.75, 3.05) is 0 Å². The molecule has 1 heterocycles. The minimum absolute atomic E-state index is 0.0812. The van der Waals surface area contributed by atoms with E-state index in [0.29, 0.717) is 12.3 Å². The van der Waals surface area contributed by atoms with Gasteiger partial charge < -0.3 is 0 Å². The van der Waals surface area contributed by atoms with Crippen LogP contribution in [0.1, 0.15) is 11.1 Å². The molecule has 2 rings (SSSR count). The predicted octanol–water partition coefficient (Wildman–Crippen LogP) is 3.90. The molecular weight excluding hydrogens is 327 g/mol. The summed E-state index contributed by atoms with van der Waals surface area (Å²) < 4.78 is 62.1. The van der Waals surface area contributed by atoms with Gasteiger partial charge in [0.05, 0.1) is 15.5 Å². The summed E-state index contributed by atoms with van der Waals surface area (Å²) in [6, 6.07) is 6.39. The maximum Gasteiger partial charge on any atom is 0.417 e. The zero-order valence-electron chi connectivity index (χ0n) is 10.6. The summed E-state index contributed by atoms with van der Waals surface area (Å²) >= 11 is 5.66. The molecule has 0 bridgehead atoms. The maximum absolute atomic E-state index is 12.5. The normalized spacial score (nSPS) is 12.4. The Hall–Kier alpha value is -1.60. The van der Waals surface area contributed by atoms with E-state index in [2.05, 4.69) is 4.98 Å². The first-order valence-electron chi connectivity index (χ1n) is 5.67. The van der Waals surface area contributed by atoms with Crippen LogP contribution in [0.2, 0.25) is 5.02 Å². The molecule has 1 aromatic carbocycles. The zero-order chi connectivity index (χ0) is 15.8. The van der Waals surface area contributed by atoms with E-state index in [1.807, 2.05) is 0 Å². The number of alkyl halides is 3. The van der Waals surface area contributed by atoms with Gasteiger partial charge in [-0.25, -0.2) is 13.4 Å². The van der Waals surface area contributed by atoms with Gasteiger partial charge in [-0.2, -0.15) is 13.2 Å². The number of aromatic nitrogens is 1. The number of pyridine rings is 1. The average molecular weight is 336 g/mol. The number of sulfone groups is 1. The molecule has 0 atom stereocenters. The molecule has 0 spiro atoms. The summed E-state index contributed by atoms with van der Waals surface area (Å²) in [5.41, 5.74) is -0.254. The van der Waals surface area contributed by atoms with Crippen LogP contribution in [0.5, 0.6) is 0 Å². The lowest BCUT2D eigenvalue weighted by molar-refractivity contribution is -0.137. The van der Waals surface area contributed by atoms with Crippen molar-refractivity contribution >= 4 is 21.4 Å². The number of hydrogen-bond acceptors (Lipinski definition) is 3. The number of halogens is 4. The second-order valence-corrected chi connectivity index (χ2v) is 6.60. The molecule has 112 valence electrons. The smallest absolute Gasteiger partial charge is 0.242 e. The van der Waals surface area contributed by atoms with Gasteiger partial charge in [0.15, 0.2) is 5.03 Å². The fraction of sp³-hybridized carbons (Fsp3) is 0.154. The standard InChI is InChI=1S/C13H9ClF3NO2S/c1-8-2-4-10(5-3-8)21(19,20)12-11(14)6-9(7-18-12)13(15,16)17/h2-7H,1H3. The molecule has 0 aliphatic heterocycles. The van der Waals surface area contributed by atoms with E-state index in [0.717, 1.165) is 5.56 Å². The predicted molar refractivity (Wildman–Crippen MR) is 70.9 cm³/mol. The van der Waals surface area contributed by atoms with Crippen molar-refractivity contribution in [1.82, 2.24) is 4.98 Å². The van der Waals surface area contributed by atoms with E-state index in [1.165, 1.54) is 12.1 Å². The van der Waals surface area contributed by atoms with Crippen LogP contribution >= 0.6 is 11.6 Å². The van der Waals surface area contributed by atoms with E-state index in [-0.39, 0.29) is 4.90 Å². The Kier molecular flexibility index (Phi) is 3.99. The molecule has 0 aliphatic rings. The number of hydrogen-bond donors (Lipinski definition) is 0. The van der Waals surface area contributed by atoms with E-state index >= 15 is 0 Å². The van der Waals surface area contributed by atoms with Crippen LogP contribution in [0.15, 0.2) is 46.5 Å². The van der Waals surface area contributed by atoms with Gasteiger partial charge in [-0.05, 0) is 25.1 Å². The summed E-state index contributed by atoms with van der Waals surface area (Å²) in [5, 5.41) is -1.16. The molecular formula is C13H9ClF3NO2S. The van der Waals surface area contributed by atoms with Crippen molar-refractivity contribution in [1.29, 1.82) is 0 Å². The average Bonchev–Trinajstić information content (AvgIpc) is 2.37. The van der Waals surface area contributed by atoms with Gasteiger partial charge in [-0.3, -0.25) is 0 Å². The highest BCUT2D eigenvalue weighted by Crippen LogP contribution is 2.33. The van der Waals surface area contributed by atoms with Crippen LogP contribution in [0.25, 0.3) is 0 Å². The molecule has 0 aliphatic carbocycles. The van der Waals surface area contributed by atoms with Crippen LogP contribution in [-0.2, 0) is 16.0 Å². The van der Waals surface area contributed by atoms with Crippen molar-refractivity contribution in [3.8, 4) is 0 Å². The fourth-order valence-corrected chi connectivity index (χ4v) is 3.30. The van der Waals surface area contributed by atoms with Gasteiger partial charge in [0.1, 0.15) is 0 Å². The first-order valence-corrected chi connectivity index (χ1v) is 7.53. The monoisotopic (exact) mass is 335 g/mol. The Labute approximate surface area is 124 Å². The third kappa shape index (κ3) is 3.19. The van der Waals surface area contributed by atoms with Crippen LogP contribution < -0.4 is 0 Å². The number of benzene rings is 1. The van der Waals surface area contributed by atoms with Gasteiger partial charge in [0, 0.05) is 6.20 Å². The van der Waals surface area contributed by atoms with Gasteiger partial charge in [-0.15, -0.1) is 0 Å². The Morgan fingerprint density at radius 3 is 2.19 bits per heavy atom. The minimum Gasteiger partial charge on any atom is -0.242 e. The van der Waals surface area contributed by atoms with Crippen molar-refractivity contribution in [2.24, 2.45) is 0 Å².